The van der Waals surface area contributed by atoms with Crippen molar-refractivity contribution in [2.24, 2.45) is 0 Å². The Bertz CT molecular complexity index is 1650. The SMILES string of the molecule is C=CCn1c(=O)c2cnc(Nc3ccc(N4CC5CC(C4)N5C4CCC4)cc3)nc2n1-c1cccc(C(C)(C)O)n1. The van der Waals surface area contributed by atoms with E-state index >= 15 is 0 Å². The lowest BCUT2D eigenvalue weighted by molar-refractivity contribution is -0.0631. The number of aromatic nitrogens is 5. The molecule has 3 saturated heterocycles. The highest BCUT2D eigenvalue weighted by Gasteiger charge is 2.48. The normalized spacial score (nSPS) is 21.0. The number of piperidine rings is 1. The molecule has 0 spiro atoms. The minimum Gasteiger partial charge on any atom is -0.384 e. The second kappa shape index (κ2) is 9.81. The predicted molar refractivity (Wildman–Crippen MR) is 160 cm³/mol. The number of rotatable bonds is 8. The fourth-order valence-electron chi connectivity index (χ4n) is 6.51. The number of allylic oxidation sites excluding steroid dienone is 1. The van der Waals surface area contributed by atoms with E-state index in [1.54, 1.807) is 42.9 Å². The number of nitrogens with zero attached hydrogens (tertiary/aromatic N) is 7. The van der Waals surface area contributed by atoms with Crippen molar-refractivity contribution < 1.29 is 5.11 Å². The molecule has 212 valence electrons. The van der Waals surface area contributed by atoms with Crippen LogP contribution in [-0.4, -0.2) is 65.5 Å². The van der Waals surface area contributed by atoms with E-state index in [4.69, 9.17) is 4.98 Å². The molecule has 6 heterocycles. The molecule has 2 atom stereocenters. The smallest absolute Gasteiger partial charge is 0.278 e. The Balaban J connectivity index is 1.15. The third kappa shape index (κ3) is 4.51. The molecule has 10 nitrogen and oxygen atoms in total. The Morgan fingerprint density at radius 3 is 2.49 bits per heavy atom. The van der Waals surface area contributed by atoms with Crippen molar-refractivity contribution in [2.75, 3.05) is 23.3 Å². The number of piperazine rings is 1. The molecule has 1 aromatic carbocycles. The molecule has 2 unspecified atom stereocenters. The van der Waals surface area contributed by atoms with Gasteiger partial charge in [0.25, 0.3) is 5.56 Å². The van der Waals surface area contributed by atoms with Crippen LogP contribution < -0.4 is 15.8 Å². The largest absolute Gasteiger partial charge is 0.384 e. The Hall–Kier alpha value is -4.02. The summed E-state index contributed by atoms with van der Waals surface area (Å²) in [6.07, 6.45) is 8.68. The highest BCUT2D eigenvalue weighted by molar-refractivity contribution is 5.77. The molecule has 1 saturated carbocycles. The van der Waals surface area contributed by atoms with Crippen molar-refractivity contribution in [3.63, 3.8) is 0 Å². The quantitative estimate of drug-likeness (QED) is 0.317. The maximum Gasteiger partial charge on any atom is 0.278 e. The summed E-state index contributed by atoms with van der Waals surface area (Å²) >= 11 is 0. The number of hydrogen-bond donors (Lipinski definition) is 2. The number of hydrogen-bond acceptors (Lipinski definition) is 8. The highest BCUT2D eigenvalue weighted by Crippen LogP contribution is 2.41. The molecule has 0 radical (unpaired) electrons. The van der Waals surface area contributed by atoms with E-state index < -0.39 is 5.60 Å². The van der Waals surface area contributed by atoms with E-state index in [0.717, 1.165) is 24.8 Å². The van der Waals surface area contributed by atoms with E-state index in [9.17, 15) is 9.90 Å². The minimum atomic E-state index is -1.14. The van der Waals surface area contributed by atoms with Crippen molar-refractivity contribution in [1.82, 2.24) is 29.2 Å². The lowest BCUT2D eigenvalue weighted by Gasteiger charge is -2.61. The minimum absolute atomic E-state index is 0.235. The van der Waals surface area contributed by atoms with E-state index in [0.29, 0.717) is 40.6 Å². The van der Waals surface area contributed by atoms with Crippen LogP contribution in [0.4, 0.5) is 17.3 Å². The van der Waals surface area contributed by atoms with Gasteiger partial charge in [0.2, 0.25) is 5.95 Å². The van der Waals surface area contributed by atoms with Gasteiger partial charge in [0, 0.05) is 48.8 Å². The predicted octanol–water partition coefficient (Wildman–Crippen LogP) is 3.95. The first-order valence-corrected chi connectivity index (χ1v) is 14.5. The monoisotopic (exact) mass is 552 g/mol. The van der Waals surface area contributed by atoms with Crippen molar-refractivity contribution in [3.05, 3.63) is 77.4 Å². The van der Waals surface area contributed by atoms with Crippen molar-refractivity contribution in [1.29, 1.82) is 0 Å². The maximum atomic E-state index is 13.3. The van der Waals surface area contributed by atoms with Crippen LogP contribution in [0, 0.1) is 0 Å². The number of anilines is 3. The van der Waals surface area contributed by atoms with Crippen LogP contribution in [0.1, 0.15) is 45.2 Å². The average molecular weight is 553 g/mol. The van der Waals surface area contributed by atoms with Gasteiger partial charge in [-0.1, -0.05) is 18.6 Å². The molecule has 10 heteroatoms. The fraction of sp³-hybridized carbons (Fsp3) is 0.419. The van der Waals surface area contributed by atoms with Gasteiger partial charge >= 0.3 is 0 Å². The summed E-state index contributed by atoms with van der Waals surface area (Å²) in [6.45, 7) is 9.63. The van der Waals surface area contributed by atoms with E-state index in [1.807, 2.05) is 6.07 Å². The molecule has 8 rings (SSSR count). The van der Waals surface area contributed by atoms with Gasteiger partial charge in [-0.05, 0) is 69.5 Å². The molecule has 0 amide bonds. The molecule has 4 aromatic rings. The fourth-order valence-corrected chi connectivity index (χ4v) is 6.51. The van der Waals surface area contributed by atoms with E-state index in [2.05, 4.69) is 55.9 Å². The number of pyridine rings is 1. The first-order valence-electron chi connectivity index (χ1n) is 14.5. The second-order valence-corrected chi connectivity index (χ2v) is 12.0. The first-order chi connectivity index (χ1) is 19.8. The first kappa shape index (κ1) is 25.9. The van der Waals surface area contributed by atoms with Crippen LogP contribution in [0.15, 0.2) is 66.1 Å². The summed E-state index contributed by atoms with van der Waals surface area (Å²) in [5, 5.41) is 14.2. The molecule has 2 N–H and O–H groups in total. The topological polar surface area (TPSA) is 104 Å². The van der Waals surface area contributed by atoms with Crippen LogP contribution in [-0.2, 0) is 12.1 Å². The lowest BCUT2D eigenvalue weighted by atomic mass is 9.79. The molecule has 4 aliphatic rings. The molecule has 3 aliphatic heterocycles. The summed E-state index contributed by atoms with van der Waals surface area (Å²) in [5.41, 5.74) is 1.65. The standard InChI is InChI=1S/C31H36N8O2/c1-4-15-37-29(40)25-17-32-30(35-28(25)39(37)27-10-6-9-26(34-27)31(2,3)41)33-20-11-13-21(14-12-20)36-18-23-16-24(19-36)38(23)22-7-5-8-22/h4,6,9-14,17,22-24,41H,1,5,7-8,15-16,18-19H2,2-3H3,(H,32,33,35). The molecular formula is C31H36N8O2. The summed E-state index contributed by atoms with van der Waals surface area (Å²) < 4.78 is 3.19. The van der Waals surface area contributed by atoms with Gasteiger partial charge in [0.1, 0.15) is 11.0 Å². The Labute approximate surface area is 238 Å². The van der Waals surface area contributed by atoms with Crippen molar-refractivity contribution in [3.8, 4) is 5.82 Å². The van der Waals surface area contributed by atoms with Gasteiger partial charge in [-0.15, -0.1) is 6.58 Å². The zero-order valence-corrected chi connectivity index (χ0v) is 23.6. The molecule has 2 bridgehead atoms. The molecule has 41 heavy (non-hydrogen) atoms. The van der Waals surface area contributed by atoms with Crippen molar-refractivity contribution in [2.45, 2.75) is 69.8 Å². The van der Waals surface area contributed by atoms with Crippen LogP contribution >= 0.6 is 0 Å². The summed E-state index contributed by atoms with van der Waals surface area (Å²) in [5.74, 6) is 0.854. The van der Waals surface area contributed by atoms with Crippen LogP contribution in [0.3, 0.4) is 0 Å². The zero-order chi connectivity index (χ0) is 28.3. The van der Waals surface area contributed by atoms with Gasteiger partial charge in [-0.25, -0.2) is 19.3 Å². The average Bonchev–Trinajstić information content (AvgIpc) is 3.21. The third-order valence-corrected chi connectivity index (χ3v) is 8.79. The highest BCUT2D eigenvalue weighted by atomic mass is 16.3. The number of aliphatic hydroxyl groups is 1. The van der Waals surface area contributed by atoms with Crippen LogP contribution in [0.5, 0.6) is 0 Å². The number of fused-ring (bicyclic) bond motifs is 3. The Kier molecular flexibility index (Phi) is 6.20. The van der Waals surface area contributed by atoms with Gasteiger partial charge in [-0.3, -0.25) is 9.69 Å². The van der Waals surface area contributed by atoms with E-state index in [1.165, 1.54) is 36.1 Å². The summed E-state index contributed by atoms with van der Waals surface area (Å²) in [6, 6.07) is 16.0. The van der Waals surface area contributed by atoms with Gasteiger partial charge in [-0.2, -0.15) is 4.98 Å². The Morgan fingerprint density at radius 2 is 1.83 bits per heavy atom. The molecule has 1 aliphatic carbocycles. The van der Waals surface area contributed by atoms with Gasteiger partial charge in [0.15, 0.2) is 11.5 Å². The van der Waals surface area contributed by atoms with Crippen molar-refractivity contribution >= 4 is 28.4 Å². The summed E-state index contributed by atoms with van der Waals surface area (Å²) in [7, 11) is 0. The van der Waals surface area contributed by atoms with Crippen LogP contribution in [0.2, 0.25) is 0 Å². The van der Waals surface area contributed by atoms with Gasteiger partial charge in [0.05, 0.1) is 12.2 Å². The number of nitrogens with one attached hydrogen (secondary N) is 1. The van der Waals surface area contributed by atoms with Crippen LogP contribution in [0.25, 0.3) is 16.9 Å². The molecular weight excluding hydrogens is 516 g/mol. The zero-order valence-electron chi connectivity index (χ0n) is 23.6. The third-order valence-electron chi connectivity index (χ3n) is 8.79. The molecule has 3 aromatic heterocycles. The van der Waals surface area contributed by atoms with E-state index in [-0.39, 0.29) is 12.1 Å². The lowest BCUT2D eigenvalue weighted by Crippen LogP contribution is -2.72. The second-order valence-electron chi connectivity index (χ2n) is 12.0. The Morgan fingerprint density at radius 1 is 1.07 bits per heavy atom. The molecule has 4 fully saturated rings. The van der Waals surface area contributed by atoms with Gasteiger partial charge < -0.3 is 15.3 Å². The number of benzene rings is 1. The maximum absolute atomic E-state index is 13.3. The summed E-state index contributed by atoms with van der Waals surface area (Å²) in [4.78, 5) is 32.4.